The Morgan fingerprint density at radius 3 is 2.67 bits per heavy atom. The number of amides is 2. The molecule has 0 unspecified atom stereocenters. The predicted molar refractivity (Wildman–Crippen MR) is 67.9 cm³/mol. The molecular weight excluding hydrogens is 234 g/mol. The van der Waals surface area contributed by atoms with Crippen molar-refractivity contribution in [2.24, 2.45) is 7.05 Å². The third-order valence-electron chi connectivity index (χ3n) is 2.44. The predicted octanol–water partition coefficient (Wildman–Crippen LogP) is -0.352. The Labute approximate surface area is 106 Å². The quantitative estimate of drug-likeness (QED) is 0.644. The number of nitrogens with one attached hydrogen (secondary N) is 2. The van der Waals surface area contributed by atoms with Crippen molar-refractivity contribution in [2.75, 3.05) is 18.8 Å². The molecule has 0 spiro atoms. The van der Waals surface area contributed by atoms with Gasteiger partial charge in [0.05, 0.1) is 6.20 Å². The second-order valence-corrected chi connectivity index (χ2v) is 3.92. The van der Waals surface area contributed by atoms with Crippen LogP contribution in [-0.4, -0.2) is 34.7 Å². The average Bonchev–Trinajstić information content (AvgIpc) is 2.67. The van der Waals surface area contributed by atoms with E-state index >= 15 is 0 Å². The van der Waals surface area contributed by atoms with Gasteiger partial charge in [0.2, 0.25) is 5.91 Å². The number of rotatable bonds is 6. The number of aryl methyl sites for hydroxylation is 1. The van der Waals surface area contributed by atoms with Crippen molar-refractivity contribution in [2.45, 2.75) is 19.8 Å². The molecule has 4 N–H and O–H groups in total. The molecule has 1 aromatic rings. The van der Waals surface area contributed by atoms with Crippen LogP contribution in [0.5, 0.6) is 0 Å². The molecule has 1 heterocycles. The van der Waals surface area contributed by atoms with Crippen molar-refractivity contribution in [3.05, 3.63) is 11.8 Å². The van der Waals surface area contributed by atoms with Gasteiger partial charge in [0, 0.05) is 26.6 Å². The molecule has 0 saturated heterocycles. The second kappa shape index (κ2) is 6.63. The van der Waals surface area contributed by atoms with Crippen molar-refractivity contribution < 1.29 is 9.59 Å². The van der Waals surface area contributed by atoms with Crippen LogP contribution < -0.4 is 16.4 Å². The van der Waals surface area contributed by atoms with E-state index in [-0.39, 0.29) is 24.8 Å². The van der Waals surface area contributed by atoms with Gasteiger partial charge in [-0.1, -0.05) is 6.92 Å². The topological polar surface area (TPSA) is 102 Å². The van der Waals surface area contributed by atoms with E-state index in [0.29, 0.717) is 17.9 Å². The number of carbonyl (C=O) groups is 2. The van der Waals surface area contributed by atoms with Crippen molar-refractivity contribution in [1.29, 1.82) is 0 Å². The fraction of sp³-hybridized carbons (Fsp3) is 0.545. The molecule has 0 fully saturated rings. The zero-order valence-electron chi connectivity index (χ0n) is 10.7. The number of nitrogens with zero attached hydrogens (tertiary/aromatic N) is 2. The minimum absolute atomic E-state index is 0.0729. The van der Waals surface area contributed by atoms with Gasteiger partial charge in [-0.25, -0.2) is 0 Å². The summed E-state index contributed by atoms with van der Waals surface area (Å²) in [6.07, 6.45) is 2.55. The van der Waals surface area contributed by atoms with Crippen LogP contribution in [0.4, 0.5) is 5.82 Å². The molecule has 1 rings (SSSR count). The molecule has 0 saturated carbocycles. The number of carbonyl (C=O) groups excluding carboxylic acids is 2. The fourth-order valence-corrected chi connectivity index (χ4v) is 1.36. The summed E-state index contributed by atoms with van der Waals surface area (Å²) in [6, 6.07) is 0. The molecule has 0 aromatic carbocycles. The standard InChI is InChI=1S/C11H19N5O2/c1-3-5-13-9(17)4-6-14-11(18)8-7-15-16(2)10(8)12/h7H,3-6,12H2,1-2H3,(H,13,17)(H,14,18). The number of hydrogen-bond donors (Lipinski definition) is 3. The van der Waals surface area contributed by atoms with Crippen molar-refractivity contribution in [3.8, 4) is 0 Å². The van der Waals surface area contributed by atoms with Crippen LogP contribution in [0.1, 0.15) is 30.1 Å². The maximum absolute atomic E-state index is 11.7. The Morgan fingerprint density at radius 2 is 2.11 bits per heavy atom. The Kier molecular flexibility index (Phi) is 5.16. The summed E-state index contributed by atoms with van der Waals surface area (Å²) >= 11 is 0. The number of nitrogen functional groups attached to an aromatic ring is 1. The van der Waals surface area contributed by atoms with Crippen LogP contribution in [0, 0.1) is 0 Å². The third kappa shape index (κ3) is 3.76. The number of aromatic nitrogens is 2. The molecule has 0 aliphatic rings. The lowest BCUT2D eigenvalue weighted by Gasteiger charge is -2.05. The lowest BCUT2D eigenvalue weighted by atomic mass is 10.3. The third-order valence-corrected chi connectivity index (χ3v) is 2.44. The average molecular weight is 253 g/mol. The monoisotopic (exact) mass is 253 g/mol. The van der Waals surface area contributed by atoms with Gasteiger partial charge >= 0.3 is 0 Å². The van der Waals surface area contributed by atoms with Crippen LogP contribution in [-0.2, 0) is 11.8 Å². The number of anilines is 1. The SMILES string of the molecule is CCCNC(=O)CCNC(=O)c1cnn(C)c1N. The highest BCUT2D eigenvalue weighted by atomic mass is 16.2. The van der Waals surface area contributed by atoms with Gasteiger partial charge in [-0.05, 0) is 6.42 Å². The Balaban J connectivity index is 2.34. The molecule has 18 heavy (non-hydrogen) atoms. The Hall–Kier alpha value is -2.05. The maximum atomic E-state index is 11.7. The summed E-state index contributed by atoms with van der Waals surface area (Å²) in [5.74, 6) is -0.0804. The highest BCUT2D eigenvalue weighted by Crippen LogP contribution is 2.08. The van der Waals surface area contributed by atoms with E-state index in [1.54, 1.807) is 7.05 Å². The highest BCUT2D eigenvalue weighted by molar-refractivity contribution is 5.98. The normalized spacial score (nSPS) is 10.1. The molecule has 2 amide bonds. The number of nitrogens with two attached hydrogens (primary N) is 1. The number of hydrogen-bond acceptors (Lipinski definition) is 4. The van der Waals surface area contributed by atoms with Crippen molar-refractivity contribution in [3.63, 3.8) is 0 Å². The second-order valence-electron chi connectivity index (χ2n) is 3.92. The fourth-order valence-electron chi connectivity index (χ4n) is 1.36. The molecule has 7 heteroatoms. The molecule has 0 bridgehead atoms. The molecule has 0 aliphatic carbocycles. The lowest BCUT2D eigenvalue weighted by molar-refractivity contribution is -0.120. The molecule has 1 aromatic heterocycles. The smallest absolute Gasteiger partial charge is 0.256 e. The van der Waals surface area contributed by atoms with E-state index in [2.05, 4.69) is 15.7 Å². The molecule has 7 nitrogen and oxygen atoms in total. The van der Waals surface area contributed by atoms with E-state index in [0.717, 1.165) is 6.42 Å². The minimum atomic E-state index is -0.316. The van der Waals surface area contributed by atoms with Gasteiger partial charge in [0.1, 0.15) is 11.4 Å². The highest BCUT2D eigenvalue weighted by Gasteiger charge is 2.13. The summed E-state index contributed by atoms with van der Waals surface area (Å²) in [4.78, 5) is 23.0. The lowest BCUT2D eigenvalue weighted by Crippen LogP contribution is -2.31. The van der Waals surface area contributed by atoms with Crippen LogP contribution in [0.3, 0.4) is 0 Å². The molecule has 0 atom stereocenters. The van der Waals surface area contributed by atoms with Gasteiger partial charge in [-0.2, -0.15) is 5.10 Å². The molecular formula is C11H19N5O2. The van der Waals surface area contributed by atoms with Crippen LogP contribution in [0.25, 0.3) is 0 Å². The van der Waals surface area contributed by atoms with Gasteiger partial charge in [-0.15, -0.1) is 0 Å². The Bertz CT molecular complexity index is 427. The summed E-state index contributed by atoms with van der Waals surface area (Å²) in [7, 11) is 1.66. The molecule has 0 radical (unpaired) electrons. The zero-order valence-corrected chi connectivity index (χ0v) is 10.7. The van der Waals surface area contributed by atoms with Crippen LogP contribution >= 0.6 is 0 Å². The van der Waals surface area contributed by atoms with Crippen molar-refractivity contribution >= 4 is 17.6 Å². The van der Waals surface area contributed by atoms with Gasteiger partial charge in [0.15, 0.2) is 0 Å². The van der Waals surface area contributed by atoms with E-state index in [9.17, 15) is 9.59 Å². The molecule has 100 valence electrons. The summed E-state index contributed by atoms with van der Waals surface area (Å²) in [5, 5.41) is 9.23. The summed E-state index contributed by atoms with van der Waals surface area (Å²) in [6.45, 7) is 2.91. The summed E-state index contributed by atoms with van der Waals surface area (Å²) < 4.78 is 1.42. The first-order chi connectivity index (χ1) is 8.56. The first-order valence-corrected chi connectivity index (χ1v) is 5.88. The maximum Gasteiger partial charge on any atom is 0.256 e. The first-order valence-electron chi connectivity index (χ1n) is 5.88. The van der Waals surface area contributed by atoms with E-state index in [1.807, 2.05) is 6.92 Å². The Morgan fingerprint density at radius 1 is 1.39 bits per heavy atom. The van der Waals surface area contributed by atoms with E-state index in [1.165, 1.54) is 10.9 Å². The first kappa shape index (κ1) is 14.0. The van der Waals surface area contributed by atoms with Gasteiger partial charge in [-0.3, -0.25) is 14.3 Å². The molecule has 0 aliphatic heterocycles. The zero-order chi connectivity index (χ0) is 13.5. The summed E-state index contributed by atoms with van der Waals surface area (Å²) in [5.41, 5.74) is 5.99. The van der Waals surface area contributed by atoms with E-state index in [4.69, 9.17) is 5.73 Å². The van der Waals surface area contributed by atoms with Crippen LogP contribution in [0.15, 0.2) is 6.20 Å². The van der Waals surface area contributed by atoms with Gasteiger partial charge in [0.25, 0.3) is 5.91 Å². The minimum Gasteiger partial charge on any atom is -0.383 e. The van der Waals surface area contributed by atoms with E-state index < -0.39 is 0 Å². The van der Waals surface area contributed by atoms with Crippen LogP contribution in [0.2, 0.25) is 0 Å². The largest absolute Gasteiger partial charge is 0.383 e. The van der Waals surface area contributed by atoms with Crippen molar-refractivity contribution in [1.82, 2.24) is 20.4 Å². The van der Waals surface area contributed by atoms with Gasteiger partial charge < -0.3 is 16.4 Å².